The number of unbranched alkanes of at least 4 members (excludes halogenated alkanes) is 2. The molecule has 0 amide bonds. The van der Waals surface area contributed by atoms with Crippen LogP contribution in [0.15, 0.2) is 0 Å². The Bertz CT molecular complexity index is 178. The minimum Gasteiger partial charge on any atom is -0.481 e. The monoisotopic (exact) mass is 199 g/mol. The quantitative estimate of drug-likeness (QED) is 0.638. The summed E-state index contributed by atoms with van der Waals surface area (Å²) in [4.78, 5) is 12.7. The van der Waals surface area contributed by atoms with Crippen LogP contribution in [0.1, 0.15) is 44.9 Å². The summed E-state index contributed by atoms with van der Waals surface area (Å²) in [5.74, 6) is -0.669. The van der Waals surface area contributed by atoms with Gasteiger partial charge in [0.05, 0.1) is 0 Å². The third-order valence-corrected chi connectivity index (χ3v) is 3.10. The molecule has 0 saturated heterocycles. The number of hydrogen-bond donors (Lipinski definition) is 1. The van der Waals surface area contributed by atoms with Crippen LogP contribution in [0, 0.1) is 0 Å². The third-order valence-electron chi connectivity index (χ3n) is 3.10. The van der Waals surface area contributed by atoms with Gasteiger partial charge in [0.15, 0.2) is 0 Å². The maximum atomic E-state index is 10.2. The predicted molar refractivity (Wildman–Crippen MR) is 56.4 cm³/mol. The number of hydrogen-bond acceptors (Lipinski definition) is 2. The normalized spacial score (nSPS) is 17.0. The number of carbonyl (C=O) groups is 1. The average molecular weight is 199 g/mol. The first-order valence-corrected chi connectivity index (χ1v) is 5.62. The van der Waals surface area contributed by atoms with Crippen LogP contribution in [0.3, 0.4) is 0 Å². The van der Waals surface area contributed by atoms with E-state index in [1.54, 1.807) is 0 Å². The summed E-state index contributed by atoms with van der Waals surface area (Å²) in [7, 11) is 2.18. The Balaban J connectivity index is 1.89. The maximum Gasteiger partial charge on any atom is 0.303 e. The van der Waals surface area contributed by atoms with E-state index in [-0.39, 0.29) is 0 Å². The van der Waals surface area contributed by atoms with Gasteiger partial charge in [-0.25, -0.2) is 0 Å². The van der Waals surface area contributed by atoms with Crippen LogP contribution < -0.4 is 0 Å². The molecule has 0 aromatic carbocycles. The van der Waals surface area contributed by atoms with Gasteiger partial charge in [-0.3, -0.25) is 4.79 Å². The molecule has 1 aliphatic rings. The zero-order valence-corrected chi connectivity index (χ0v) is 9.04. The molecule has 0 radical (unpaired) electrons. The van der Waals surface area contributed by atoms with E-state index in [2.05, 4.69) is 11.9 Å². The fourth-order valence-corrected chi connectivity index (χ4v) is 1.82. The first kappa shape index (κ1) is 11.5. The summed E-state index contributed by atoms with van der Waals surface area (Å²) in [6, 6.07) is 0.814. The van der Waals surface area contributed by atoms with Crippen molar-refractivity contribution in [3.63, 3.8) is 0 Å². The van der Waals surface area contributed by atoms with Crippen LogP contribution >= 0.6 is 0 Å². The first-order chi connectivity index (χ1) is 6.70. The highest BCUT2D eigenvalue weighted by atomic mass is 16.4. The number of carboxylic acids is 1. The maximum absolute atomic E-state index is 10.2. The van der Waals surface area contributed by atoms with Gasteiger partial charge in [0, 0.05) is 12.5 Å². The SMILES string of the molecule is CN(CCCCCC(=O)O)C1CCC1. The van der Waals surface area contributed by atoms with E-state index in [9.17, 15) is 4.79 Å². The van der Waals surface area contributed by atoms with Crippen molar-refractivity contribution < 1.29 is 9.90 Å². The molecule has 0 aromatic heterocycles. The van der Waals surface area contributed by atoms with E-state index in [1.807, 2.05) is 0 Å². The standard InChI is InChI=1S/C11H21NO2/c1-12(10-6-5-7-10)9-4-2-3-8-11(13)14/h10H,2-9H2,1H3,(H,13,14). The predicted octanol–water partition coefficient (Wildman–Crippen LogP) is 2.12. The van der Waals surface area contributed by atoms with Gasteiger partial charge in [0.2, 0.25) is 0 Å². The molecule has 14 heavy (non-hydrogen) atoms. The van der Waals surface area contributed by atoms with Crippen molar-refractivity contribution in [2.45, 2.75) is 51.0 Å². The van der Waals surface area contributed by atoms with Crippen molar-refractivity contribution in [1.82, 2.24) is 4.90 Å². The zero-order chi connectivity index (χ0) is 10.4. The zero-order valence-electron chi connectivity index (χ0n) is 9.04. The molecule has 0 spiro atoms. The molecule has 0 aliphatic heterocycles. The number of rotatable bonds is 7. The summed E-state index contributed by atoms with van der Waals surface area (Å²) >= 11 is 0. The minimum absolute atomic E-state index is 0.327. The van der Waals surface area contributed by atoms with Crippen LogP contribution in [0.2, 0.25) is 0 Å². The smallest absolute Gasteiger partial charge is 0.303 e. The summed E-state index contributed by atoms with van der Waals surface area (Å²) in [5, 5.41) is 8.45. The van der Waals surface area contributed by atoms with Gasteiger partial charge < -0.3 is 10.0 Å². The van der Waals surface area contributed by atoms with Gasteiger partial charge in [-0.2, -0.15) is 0 Å². The molecule has 1 rings (SSSR count). The van der Waals surface area contributed by atoms with Gasteiger partial charge in [-0.15, -0.1) is 0 Å². The molecule has 0 heterocycles. The molecule has 1 saturated carbocycles. The van der Waals surface area contributed by atoms with Crippen LogP contribution in [-0.4, -0.2) is 35.6 Å². The highest BCUT2D eigenvalue weighted by Gasteiger charge is 2.20. The molecule has 1 fully saturated rings. The fraction of sp³-hybridized carbons (Fsp3) is 0.909. The molecule has 0 bridgehead atoms. The molecule has 3 heteroatoms. The van der Waals surface area contributed by atoms with Crippen molar-refractivity contribution in [2.24, 2.45) is 0 Å². The second-order valence-corrected chi connectivity index (χ2v) is 4.27. The average Bonchev–Trinajstić information content (AvgIpc) is 1.99. The lowest BCUT2D eigenvalue weighted by Crippen LogP contribution is -2.37. The van der Waals surface area contributed by atoms with Gasteiger partial charge in [-0.05, 0) is 39.3 Å². The van der Waals surface area contributed by atoms with Crippen molar-refractivity contribution in [3.05, 3.63) is 0 Å². The highest BCUT2D eigenvalue weighted by molar-refractivity contribution is 5.66. The Morgan fingerprint density at radius 1 is 1.36 bits per heavy atom. The van der Waals surface area contributed by atoms with E-state index in [0.717, 1.165) is 31.8 Å². The number of carboxylic acid groups (broad SMARTS) is 1. The molecule has 1 N–H and O–H groups in total. The Kier molecular flexibility index (Phi) is 4.94. The Labute approximate surface area is 86.1 Å². The summed E-state index contributed by atoms with van der Waals surface area (Å²) in [6.45, 7) is 1.13. The Morgan fingerprint density at radius 3 is 2.57 bits per heavy atom. The Morgan fingerprint density at radius 2 is 2.07 bits per heavy atom. The fourth-order valence-electron chi connectivity index (χ4n) is 1.82. The molecular formula is C11H21NO2. The third kappa shape index (κ3) is 4.09. The second kappa shape index (κ2) is 6.02. The molecule has 0 aromatic rings. The highest BCUT2D eigenvalue weighted by Crippen LogP contribution is 2.23. The van der Waals surface area contributed by atoms with Crippen LogP contribution in [0.25, 0.3) is 0 Å². The van der Waals surface area contributed by atoms with Crippen LogP contribution in [-0.2, 0) is 4.79 Å². The lowest BCUT2D eigenvalue weighted by Gasteiger charge is -2.34. The van der Waals surface area contributed by atoms with Gasteiger partial charge >= 0.3 is 5.97 Å². The molecular weight excluding hydrogens is 178 g/mol. The lowest BCUT2D eigenvalue weighted by atomic mass is 9.92. The molecule has 0 unspecified atom stereocenters. The van der Waals surface area contributed by atoms with Crippen LogP contribution in [0.5, 0.6) is 0 Å². The summed E-state index contributed by atoms with van der Waals surface area (Å²) in [6.07, 6.45) is 7.43. The number of aliphatic carboxylic acids is 1. The lowest BCUT2D eigenvalue weighted by molar-refractivity contribution is -0.137. The van der Waals surface area contributed by atoms with E-state index in [4.69, 9.17) is 5.11 Å². The molecule has 1 aliphatic carbocycles. The molecule has 82 valence electrons. The second-order valence-electron chi connectivity index (χ2n) is 4.27. The summed E-state index contributed by atoms with van der Waals surface area (Å²) in [5.41, 5.74) is 0. The topological polar surface area (TPSA) is 40.5 Å². The van der Waals surface area contributed by atoms with Gasteiger partial charge in [0.1, 0.15) is 0 Å². The molecule has 0 atom stereocenters. The van der Waals surface area contributed by atoms with Gasteiger partial charge in [-0.1, -0.05) is 12.8 Å². The van der Waals surface area contributed by atoms with Gasteiger partial charge in [0.25, 0.3) is 0 Å². The van der Waals surface area contributed by atoms with E-state index in [1.165, 1.54) is 19.3 Å². The first-order valence-electron chi connectivity index (χ1n) is 5.62. The Hall–Kier alpha value is -0.570. The van der Waals surface area contributed by atoms with Crippen molar-refractivity contribution in [1.29, 1.82) is 0 Å². The minimum atomic E-state index is -0.669. The van der Waals surface area contributed by atoms with Crippen molar-refractivity contribution in [3.8, 4) is 0 Å². The van der Waals surface area contributed by atoms with E-state index in [0.29, 0.717) is 6.42 Å². The van der Waals surface area contributed by atoms with E-state index < -0.39 is 5.97 Å². The largest absolute Gasteiger partial charge is 0.481 e. The van der Waals surface area contributed by atoms with E-state index >= 15 is 0 Å². The summed E-state index contributed by atoms with van der Waals surface area (Å²) < 4.78 is 0. The van der Waals surface area contributed by atoms with Crippen molar-refractivity contribution in [2.75, 3.05) is 13.6 Å². The number of nitrogens with zero attached hydrogens (tertiary/aromatic N) is 1. The molecule has 3 nitrogen and oxygen atoms in total. The van der Waals surface area contributed by atoms with Crippen LogP contribution in [0.4, 0.5) is 0 Å². The van der Waals surface area contributed by atoms with Crippen molar-refractivity contribution >= 4 is 5.97 Å².